The molecule has 8 nitrogen and oxygen atoms in total. The summed E-state index contributed by atoms with van der Waals surface area (Å²) in [6.45, 7) is 4.76. The lowest BCUT2D eigenvalue weighted by Gasteiger charge is -2.33. The topological polar surface area (TPSA) is 109 Å². The zero-order valence-corrected chi connectivity index (χ0v) is 14.4. The van der Waals surface area contributed by atoms with Crippen LogP contribution in [0.2, 0.25) is 0 Å². The molecule has 25 heavy (non-hydrogen) atoms. The molecule has 2 N–H and O–H groups in total. The Labute approximate surface area is 146 Å². The second kappa shape index (κ2) is 8.46. The van der Waals surface area contributed by atoms with E-state index >= 15 is 0 Å². The number of hydrogen-bond acceptors (Lipinski definition) is 6. The van der Waals surface area contributed by atoms with Gasteiger partial charge in [0.25, 0.3) is 0 Å². The fourth-order valence-electron chi connectivity index (χ4n) is 2.81. The van der Waals surface area contributed by atoms with Gasteiger partial charge in [0.2, 0.25) is 5.91 Å². The molecule has 1 aliphatic heterocycles. The van der Waals surface area contributed by atoms with Crippen LogP contribution in [0.4, 0.5) is 11.5 Å². The summed E-state index contributed by atoms with van der Waals surface area (Å²) in [5, 5.41) is 12.1. The predicted molar refractivity (Wildman–Crippen MR) is 91.7 cm³/mol. The summed E-state index contributed by atoms with van der Waals surface area (Å²) in [6, 6.07) is 1.40. The van der Waals surface area contributed by atoms with Crippen molar-refractivity contribution in [1.29, 1.82) is 0 Å². The number of rotatable bonds is 6. The number of pyridine rings is 1. The van der Waals surface area contributed by atoms with Gasteiger partial charge in [0, 0.05) is 19.5 Å². The summed E-state index contributed by atoms with van der Waals surface area (Å²) in [5.74, 6) is -1.61. The van der Waals surface area contributed by atoms with Gasteiger partial charge in [-0.25, -0.2) is 9.78 Å². The van der Waals surface area contributed by atoms with Crippen molar-refractivity contribution in [3.63, 3.8) is 0 Å². The maximum absolute atomic E-state index is 12.0. The monoisotopic (exact) mass is 349 g/mol. The number of carbonyl (C=O) groups is 3. The van der Waals surface area contributed by atoms with Crippen LogP contribution >= 0.6 is 0 Å². The highest BCUT2D eigenvalue weighted by Crippen LogP contribution is 2.27. The summed E-state index contributed by atoms with van der Waals surface area (Å²) in [5.41, 5.74) is 0.338. The number of ether oxygens (including phenoxy) is 1. The molecule has 0 aromatic carbocycles. The lowest BCUT2D eigenvalue weighted by atomic mass is 9.98. The number of aromatic carboxylic acids is 1. The van der Waals surface area contributed by atoms with E-state index in [4.69, 9.17) is 4.74 Å². The van der Waals surface area contributed by atoms with E-state index in [-0.39, 0.29) is 29.8 Å². The van der Waals surface area contributed by atoms with Gasteiger partial charge in [-0.05, 0) is 25.8 Å². The van der Waals surface area contributed by atoms with E-state index in [1.54, 1.807) is 18.7 Å². The second-order valence-corrected chi connectivity index (χ2v) is 5.84. The Morgan fingerprint density at radius 3 is 2.80 bits per heavy atom. The fraction of sp³-hybridized carbons (Fsp3) is 0.529. The Balaban J connectivity index is 2.23. The van der Waals surface area contributed by atoms with E-state index in [1.165, 1.54) is 12.3 Å². The number of amides is 1. The third-order valence-corrected chi connectivity index (χ3v) is 4.04. The molecule has 0 bridgehead atoms. The molecule has 1 atom stereocenters. The number of carboxylic acid groups (broad SMARTS) is 1. The first-order chi connectivity index (χ1) is 12.0. The summed E-state index contributed by atoms with van der Waals surface area (Å²) in [6.07, 6.45) is 3.18. The Kier molecular flexibility index (Phi) is 6.32. The molecule has 0 unspecified atom stereocenters. The molecule has 2 rings (SSSR count). The van der Waals surface area contributed by atoms with Gasteiger partial charge in [-0.1, -0.05) is 6.92 Å². The van der Waals surface area contributed by atoms with E-state index in [0.717, 1.165) is 6.42 Å². The number of hydrogen-bond donors (Lipinski definition) is 2. The van der Waals surface area contributed by atoms with Crippen LogP contribution in [0.15, 0.2) is 12.3 Å². The lowest BCUT2D eigenvalue weighted by molar-refractivity contribution is -0.148. The number of carboxylic acids is 1. The number of esters is 1. The third kappa shape index (κ3) is 4.68. The number of anilines is 2. The SMILES string of the molecule is CCOC(=O)[C@H]1CCCN(c2ncc(NC(=O)CC)cc2C(=O)O)C1. The number of nitrogens with one attached hydrogen (secondary N) is 1. The Morgan fingerprint density at radius 2 is 2.16 bits per heavy atom. The lowest BCUT2D eigenvalue weighted by Crippen LogP contribution is -2.40. The molecule has 8 heteroatoms. The van der Waals surface area contributed by atoms with E-state index in [2.05, 4.69) is 10.3 Å². The number of carbonyl (C=O) groups excluding carboxylic acids is 2. The van der Waals surface area contributed by atoms with Crippen LogP contribution in [-0.2, 0) is 14.3 Å². The fourth-order valence-corrected chi connectivity index (χ4v) is 2.81. The molecule has 1 aromatic rings. The van der Waals surface area contributed by atoms with E-state index in [1.807, 2.05) is 0 Å². The van der Waals surface area contributed by atoms with Crippen molar-refractivity contribution in [2.24, 2.45) is 5.92 Å². The van der Waals surface area contributed by atoms with Gasteiger partial charge in [0.1, 0.15) is 11.4 Å². The Hall–Kier alpha value is -2.64. The molecule has 1 amide bonds. The maximum atomic E-state index is 12.0. The minimum Gasteiger partial charge on any atom is -0.478 e. The van der Waals surface area contributed by atoms with Gasteiger partial charge in [-0.2, -0.15) is 0 Å². The van der Waals surface area contributed by atoms with Crippen molar-refractivity contribution in [2.75, 3.05) is 29.9 Å². The number of nitrogens with zero attached hydrogens (tertiary/aromatic N) is 2. The van der Waals surface area contributed by atoms with Crippen molar-refractivity contribution in [3.05, 3.63) is 17.8 Å². The molecule has 0 spiro atoms. The third-order valence-electron chi connectivity index (χ3n) is 4.04. The van der Waals surface area contributed by atoms with Crippen LogP contribution in [0, 0.1) is 5.92 Å². The highest BCUT2D eigenvalue weighted by molar-refractivity contribution is 5.97. The molecular weight excluding hydrogens is 326 g/mol. The maximum Gasteiger partial charge on any atom is 0.339 e. The summed E-state index contributed by atoms with van der Waals surface area (Å²) in [7, 11) is 0. The van der Waals surface area contributed by atoms with Gasteiger partial charge in [-0.3, -0.25) is 9.59 Å². The van der Waals surface area contributed by atoms with Crippen LogP contribution < -0.4 is 10.2 Å². The summed E-state index contributed by atoms with van der Waals surface area (Å²) < 4.78 is 5.07. The minimum atomic E-state index is -1.13. The highest BCUT2D eigenvalue weighted by atomic mass is 16.5. The van der Waals surface area contributed by atoms with Crippen molar-refractivity contribution >= 4 is 29.4 Å². The zero-order chi connectivity index (χ0) is 18.4. The minimum absolute atomic E-state index is 0.00147. The summed E-state index contributed by atoms with van der Waals surface area (Å²) >= 11 is 0. The molecule has 1 saturated heterocycles. The normalized spacial score (nSPS) is 17.0. The molecule has 0 saturated carbocycles. The predicted octanol–water partition coefficient (Wildman–Crippen LogP) is 1.91. The van der Waals surface area contributed by atoms with Crippen molar-refractivity contribution < 1.29 is 24.2 Å². The first-order valence-electron chi connectivity index (χ1n) is 8.41. The van der Waals surface area contributed by atoms with Crippen LogP contribution in [0.3, 0.4) is 0 Å². The van der Waals surface area contributed by atoms with E-state index in [0.29, 0.717) is 37.6 Å². The van der Waals surface area contributed by atoms with Crippen LogP contribution in [0.5, 0.6) is 0 Å². The molecule has 0 aliphatic carbocycles. The van der Waals surface area contributed by atoms with E-state index < -0.39 is 5.97 Å². The molecule has 0 radical (unpaired) electrons. The van der Waals surface area contributed by atoms with Crippen LogP contribution in [0.25, 0.3) is 0 Å². The molecule has 1 aromatic heterocycles. The summed E-state index contributed by atoms with van der Waals surface area (Å²) in [4.78, 5) is 41.1. The molecular formula is C17H23N3O5. The quantitative estimate of drug-likeness (QED) is 0.755. The number of piperidine rings is 1. The first kappa shape index (κ1) is 18.7. The Morgan fingerprint density at radius 1 is 1.40 bits per heavy atom. The van der Waals surface area contributed by atoms with Crippen molar-refractivity contribution in [2.45, 2.75) is 33.1 Å². The average molecular weight is 349 g/mol. The standard InChI is InChI=1S/C17H23N3O5/c1-3-14(21)19-12-8-13(16(22)23)15(18-9-12)20-7-5-6-11(10-20)17(24)25-4-2/h8-9,11H,3-7,10H2,1-2H3,(H,19,21)(H,22,23)/t11-/m0/s1. The number of aromatic nitrogens is 1. The molecule has 1 fully saturated rings. The van der Waals surface area contributed by atoms with Gasteiger partial charge in [-0.15, -0.1) is 0 Å². The Bertz CT molecular complexity index is 662. The van der Waals surface area contributed by atoms with Crippen LogP contribution in [0.1, 0.15) is 43.5 Å². The smallest absolute Gasteiger partial charge is 0.339 e. The largest absolute Gasteiger partial charge is 0.478 e. The first-order valence-corrected chi connectivity index (χ1v) is 8.41. The van der Waals surface area contributed by atoms with Gasteiger partial charge < -0.3 is 20.1 Å². The molecule has 2 heterocycles. The highest BCUT2D eigenvalue weighted by Gasteiger charge is 2.29. The van der Waals surface area contributed by atoms with Gasteiger partial charge >= 0.3 is 11.9 Å². The second-order valence-electron chi connectivity index (χ2n) is 5.84. The zero-order valence-electron chi connectivity index (χ0n) is 14.4. The van der Waals surface area contributed by atoms with Crippen molar-refractivity contribution in [1.82, 2.24) is 4.98 Å². The molecule has 136 valence electrons. The van der Waals surface area contributed by atoms with Crippen LogP contribution in [-0.4, -0.2) is 47.6 Å². The van der Waals surface area contributed by atoms with Crippen molar-refractivity contribution in [3.8, 4) is 0 Å². The average Bonchev–Trinajstić information content (AvgIpc) is 2.61. The van der Waals surface area contributed by atoms with Gasteiger partial charge in [0.05, 0.1) is 24.4 Å². The van der Waals surface area contributed by atoms with E-state index in [9.17, 15) is 19.5 Å². The van der Waals surface area contributed by atoms with Gasteiger partial charge in [0.15, 0.2) is 0 Å². The molecule has 1 aliphatic rings.